The molecule has 4 heteroatoms. The van der Waals surface area contributed by atoms with Crippen molar-refractivity contribution in [1.29, 1.82) is 0 Å². The van der Waals surface area contributed by atoms with E-state index in [2.05, 4.69) is 5.43 Å². The van der Waals surface area contributed by atoms with E-state index >= 15 is 0 Å². The molecule has 0 radical (unpaired) electrons. The Morgan fingerprint density at radius 3 is 2.60 bits per heavy atom. The van der Waals surface area contributed by atoms with Crippen molar-refractivity contribution in [3.05, 3.63) is 59.8 Å². The van der Waals surface area contributed by atoms with E-state index in [1.807, 2.05) is 54.7 Å². The highest BCUT2D eigenvalue weighted by atomic mass is 35.5. The van der Waals surface area contributed by atoms with Crippen LogP contribution in [0, 0.1) is 0 Å². The van der Waals surface area contributed by atoms with E-state index in [9.17, 15) is 4.79 Å². The summed E-state index contributed by atoms with van der Waals surface area (Å²) in [5, 5.41) is 1.69. The minimum Gasteiger partial charge on any atom is -0.274 e. The fourth-order valence-electron chi connectivity index (χ4n) is 2.31. The molecule has 3 aromatic rings. The predicted molar refractivity (Wildman–Crippen MR) is 82.4 cm³/mol. The smallest absolute Gasteiger partial charge is 0.235 e. The molecular weight excluding hydrogens is 272 g/mol. The third-order valence-corrected chi connectivity index (χ3v) is 3.36. The van der Waals surface area contributed by atoms with E-state index in [4.69, 9.17) is 11.6 Å². The summed E-state index contributed by atoms with van der Waals surface area (Å²) >= 11 is 6.10. The molecule has 0 bridgehead atoms. The van der Waals surface area contributed by atoms with Crippen LogP contribution in [0.4, 0.5) is 0 Å². The molecule has 0 saturated heterocycles. The Hall–Kier alpha value is -2.26. The van der Waals surface area contributed by atoms with Crippen molar-refractivity contribution in [1.82, 2.24) is 4.68 Å². The molecule has 1 aromatic heterocycles. The average Bonchev–Trinajstić information content (AvgIpc) is 2.77. The van der Waals surface area contributed by atoms with Gasteiger partial charge in [0.25, 0.3) is 0 Å². The number of fused-ring (bicyclic) bond motifs is 1. The van der Waals surface area contributed by atoms with Gasteiger partial charge in [0, 0.05) is 29.1 Å². The van der Waals surface area contributed by atoms with Crippen LogP contribution in [0.3, 0.4) is 0 Å². The first-order valence-corrected chi connectivity index (χ1v) is 6.66. The first-order valence-electron chi connectivity index (χ1n) is 6.29. The molecule has 1 N–H and O–H groups in total. The Labute approximate surface area is 121 Å². The summed E-state index contributed by atoms with van der Waals surface area (Å²) in [5.41, 5.74) is 5.84. The summed E-state index contributed by atoms with van der Waals surface area (Å²) in [6.07, 6.45) is 1.91. The van der Waals surface area contributed by atoms with Crippen LogP contribution in [0.5, 0.6) is 0 Å². The molecule has 1 amide bonds. The van der Waals surface area contributed by atoms with Crippen LogP contribution in [-0.4, -0.2) is 10.6 Å². The number of halogens is 1. The molecule has 0 spiro atoms. The van der Waals surface area contributed by atoms with E-state index in [0.29, 0.717) is 5.02 Å². The maximum absolute atomic E-state index is 11.3. The third kappa shape index (κ3) is 2.28. The molecule has 0 aliphatic heterocycles. The lowest BCUT2D eigenvalue weighted by atomic mass is 10.1. The number of rotatable bonds is 2. The van der Waals surface area contributed by atoms with Gasteiger partial charge in [-0.25, -0.2) is 0 Å². The molecule has 0 aliphatic rings. The Bertz CT molecular complexity index is 778. The molecule has 100 valence electrons. The highest BCUT2D eigenvalue weighted by Gasteiger charge is 2.11. The number of nitrogens with zero attached hydrogens (tertiary/aromatic N) is 1. The molecule has 3 rings (SSSR count). The van der Waals surface area contributed by atoms with Gasteiger partial charge >= 0.3 is 0 Å². The maximum atomic E-state index is 11.3. The van der Waals surface area contributed by atoms with E-state index in [1.165, 1.54) is 6.92 Å². The summed E-state index contributed by atoms with van der Waals surface area (Å²) < 4.78 is 1.73. The van der Waals surface area contributed by atoms with E-state index in [-0.39, 0.29) is 5.91 Å². The topological polar surface area (TPSA) is 34.0 Å². The van der Waals surface area contributed by atoms with Crippen molar-refractivity contribution in [2.45, 2.75) is 6.92 Å². The molecular formula is C16H13ClN2O. The lowest BCUT2D eigenvalue weighted by Gasteiger charge is -2.04. The van der Waals surface area contributed by atoms with Gasteiger partial charge in [0.1, 0.15) is 0 Å². The fourth-order valence-corrected chi connectivity index (χ4v) is 2.48. The largest absolute Gasteiger partial charge is 0.274 e. The number of hydrogen-bond donors (Lipinski definition) is 1. The number of carbonyl (C=O) groups excluding carboxylic acids is 1. The van der Waals surface area contributed by atoms with Gasteiger partial charge in [0.2, 0.25) is 5.91 Å². The number of benzene rings is 2. The van der Waals surface area contributed by atoms with E-state index in [1.54, 1.807) is 4.68 Å². The van der Waals surface area contributed by atoms with Crippen LogP contribution in [0.25, 0.3) is 22.0 Å². The van der Waals surface area contributed by atoms with Crippen LogP contribution in [0.15, 0.2) is 54.7 Å². The lowest BCUT2D eigenvalue weighted by molar-refractivity contribution is -0.115. The molecule has 1 heterocycles. The SMILES string of the molecule is CC(=O)Nn1cc(-c2ccccc2)c2cc(Cl)ccc21. The summed E-state index contributed by atoms with van der Waals surface area (Å²) in [4.78, 5) is 11.3. The molecule has 0 aliphatic carbocycles. The molecule has 0 fully saturated rings. The number of nitrogens with one attached hydrogen (secondary N) is 1. The van der Waals surface area contributed by atoms with Crippen LogP contribution < -0.4 is 5.43 Å². The second kappa shape index (κ2) is 5.02. The Morgan fingerprint density at radius 2 is 1.90 bits per heavy atom. The van der Waals surface area contributed by atoms with Crippen LogP contribution in [0.1, 0.15) is 6.92 Å². The van der Waals surface area contributed by atoms with Gasteiger partial charge in [-0.1, -0.05) is 41.9 Å². The van der Waals surface area contributed by atoms with Crippen molar-refractivity contribution >= 4 is 28.4 Å². The normalized spacial score (nSPS) is 10.7. The number of aromatic nitrogens is 1. The Balaban J connectivity index is 2.26. The van der Waals surface area contributed by atoms with Crippen LogP contribution >= 0.6 is 11.6 Å². The highest BCUT2D eigenvalue weighted by molar-refractivity contribution is 6.31. The Morgan fingerprint density at radius 1 is 1.15 bits per heavy atom. The van der Waals surface area contributed by atoms with Crippen molar-refractivity contribution in [3.8, 4) is 11.1 Å². The minimum atomic E-state index is -0.114. The number of amides is 1. The van der Waals surface area contributed by atoms with Gasteiger partial charge < -0.3 is 0 Å². The zero-order chi connectivity index (χ0) is 14.1. The standard InChI is InChI=1S/C16H13ClN2O/c1-11(20)18-19-10-15(12-5-3-2-4-6-12)14-9-13(17)7-8-16(14)19/h2-10H,1H3,(H,18,20). The van der Waals surface area contributed by atoms with Gasteiger partial charge in [-0.15, -0.1) is 0 Å². The fraction of sp³-hybridized carbons (Fsp3) is 0.0625. The minimum absolute atomic E-state index is 0.114. The van der Waals surface area contributed by atoms with Gasteiger partial charge in [-0.05, 0) is 23.8 Å². The predicted octanol–water partition coefficient (Wildman–Crippen LogP) is 4.05. The first kappa shape index (κ1) is 12.8. The molecule has 0 atom stereocenters. The van der Waals surface area contributed by atoms with E-state index in [0.717, 1.165) is 22.0 Å². The van der Waals surface area contributed by atoms with Crippen LogP contribution in [0.2, 0.25) is 5.02 Å². The summed E-state index contributed by atoms with van der Waals surface area (Å²) in [5.74, 6) is -0.114. The Kier molecular flexibility index (Phi) is 3.20. The lowest BCUT2D eigenvalue weighted by Crippen LogP contribution is -2.18. The monoisotopic (exact) mass is 284 g/mol. The van der Waals surface area contributed by atoms with E-state index < -0.39 is 0 Å². The summed E-state index contributed by atoms with van der Waals surface area (Å²) in [7, 11) is 0. The highest BCUT2D eigenvalue weighted by Crippen LogP contribution is 2.31. The van der Waals surface area contributed by atoms with Gasteiger partial charge in [-0.3, -0.25) is 14.9 Å². The van der Waals surface area contributed by atoms with Gasteiger partial charge in [0.05, 0.1) is 5.52 Å². The second-order valence-corrected chi connectivity index (χ2v) is 5.04. The van der Waals surface area contributed by atoms with Gasteiger partial charge in [-0.2, -0.15) is 0 Å². The van der Waals surface area contributed by atoms with Crippen LogP contribution in [-0.2, 0) is 4.79 Å². The third-order valence-electron chi connectivity index (χ3n) is 3.13. The van der Waals surface area contributed by atoms with Gasteiger partial charge in [0.15, 0.2) is 0 Å². The van der Waals surface area contributed by atoms with Crippen molar-refractivity contribution in [2.75, 3.05) is 5.43 Å². The zero-order valence-electron chi connectivity index (χ0n) is 10.9. The molecule has 20 heavy (non-hydrogen) atoms. The maximum Gasteiger partial charge on any atom is 0.235 e. The summed E-state index contributed by atoms with van der Waals surface area (Å²) in [6.45, 7) is 1.49. The molecule has 0 saturated carbocycles. The average molecular weight is 285 g/mol. The van der Waals surface area contributed by atoms with Crippen molar-refractivity contribution in [2.24, 2.45) is 0 Å². The number of carbonyl (C=O) groups is 1. The molecule has 0 unspecified atom stereocenters. The summed E-state index contributed by atoms with van der Waals surface area (Å²) in [6, 6.07) is 15.7. The molecule has 2 aromatic carbocycles. The quantitative estimate of drug-likeness (QED) is 0.757. The van der Waals surface area contributed by atoms with Crippen molar-refractivity contribution in [3.63, 3.8) is 0 Å². The number of hydrogen-bond acceptors (Lipinski definition) is 1. The molecule has 3 nitrogen and oxygen atoms in total. The van der Waals surface area contributed by atoms with Crippen molar-refractivity contribution < 1.29 is 4.79 Å². The zero-order valence-corrected chi connectivity index (χ0v) is 11.7. The second-order valence-electron chi connectivity index (χ2n) is 4.61. The first-order chi connectivity index (χ1) is 9.65.